The Morgan fingerprint density at radius 1 is 1.19 bits per heavy atom. The fourth-order valence-corrected chi connectivity index (χ4v) is 3.73. The van der Waals surface area contributed by atoms with Crippen molar-refractivity contribution >= 4 is 16.6 Å². The molecule has 0 aliphatic heterocycles. The molecule has 0 bridgehead atoms. The number of nitrogens with zero attached hydrogens (tertiary/aromatic N) is 3. The average molecular weight is 362 g/mol. The maximum absolute atomic E-state index is 5.92. The monoisotopic (exact) mass is 362 g/mol. The van der Waals surface area contributed by atoms with Gasteiger partial charge in [-0.05, 0) is 55.7 Å². The predicted molar refractivity (Wildman–Crippen MR) is 104 cm³/mol. The molecule has 2 aliphatic rings. The van der Waals surface area contributed by atoms with E-state index in [2.05, 4.69) is 15.5 Å². The molecular weight excluding hydrogens is 340 g/mol. The van der Waals surface area contributed by atoms with Crippen molar-refractivity contribution in [2.75, 3.05) is 19.0 Å². The number of nitrogens with one attached hydrogen (secondary N) is 1. The molecule has 2 aromatic heterocycles. The van der Waals surface area contributed by atoms with Gasteiger partial charge in [0.15, 0.2) is 11.5 Å². The van der Waals surface area contributed by atoms with Crippen molar-refractivity contribution in [2.24, 2.45) is 5.92 Å². The van der Waals surface area contributed by atoms with Crippen LogP contribution in [0.25, 0.3) is 10.9 Å². The number of rotatable bonds is 6. The Hall–Kier alpha value is -2.89. The quantitative estimate of drug-likeness (QED) is 0.711. The van der Waals surface area contributed by atoms with Crippen molar-refractivity contribution in [3.63, 3.8) is 0 Å². The van der Waals surface area contributed by atoms with E-state index in [1.54, 1.807) is 25.4 Å². The first-order chi connectivity index (χ1) is 13.3. The average Bonchev–Trinajstić information content (AvgIpc) is 3.41. The summed E-state index contributed by atoms with van der Waals surface area (Å²) in [5.41, 5.74) is 4.72. The number of methoxy groups -OCH3 is 1. The second kappa shape index (κ2) is 6.68. The Morgan fingerprint density at radius 3 is 2.89 bits per heavy atom. The van der Waals surface area contributed by atoms with E-state index in [1.807, 2.05) is 12.1 Å². The number of fused-ring (bicyclic) bond motifs is 2. The lowest BCUT2D eigenvalue weighted by Crippen LogP contribution is -2.08. The largest absolute Gasteiger partial charge is 0.493 e. The summed E-state index contributed by atoms with van der Waals surface area (Å²) in [5, 5.41) is 12.7. The van der Waals surface area contributed by atoms with Crippen LogP contribution in [0.1, 0.15) is 30.5 Å². The Bertz CT molecular complexity index is 987. The van der Waals surface area contributed by atoms with Crippen LogP contribution in [0.4, 0.5) is 5.69 Å². The fraction of sp³-hybridized carbons (Fsp3) is 0.381. The summed E-state index contributed by atoms with van der Waals surface area (Å²) in [6, 6.07) is 7.54. The van der Waals surface area contributed by atoms with E-state index in [0.717, 1.165) is 42.6 Å². The van der Waals surface area contributed by atoms with Gasteiger partial charge in [-0.3, -0.25) is 4.98 Å². The number of hydrogen-bond donors (Lipinski definition) is 1. The van der Waals surface area contributed by atoms with Crippen LogP contribution in [-0.4, -0.2) is 28.8 Å². The van der Waals surface area contributed by atoms with Gasteiger partial charge < -0.3 is 14.8 Å². The SMILES string of the molecule is COc1cc2c(NCC3CC3)c3c(nc2cc1Oc1cccnn1)CCC3. The van der Waals surface area contributed by atoms with Gasteiger partial charge in [-0.15, -0.1) is 5.10 Å². The summed E-state index contributed by atoms with van der Waals surface area (Å²) in [4.78, 5) is 4.93. The second-order valence-corrected chi connectivity index (χ2v) is 7.27. The molecule has 2 heterocycles. The van der Waals surface area contributed by atoms with Crippen LogP contribution in [-0.2, 0) is 12.8 Å². The van der Waals surface area contributed by atoms with Gasteiger partial charge >= 0.3 is 0 Å². The normalized spacial score (nSPS) is 15.6. The molecule has 1 saturated carbocycles. The molecule has 1 N–H and O–H groups in total. The maximum Gasteiger partial charge on any atom is 0.239 e. The lowest BCUT2D eigenvalue weighted by atomic mass is 10.1. The number of aromatic nitrogens is 3. The van der Waals surface area contributed by atoms with Gasteiger partial charge in [0, 0.05) is 41.6 Å². The second-order valence-electron chi connectivity index (χ2n) is 7.27. The van der Waals surface area contributed by atoms with E-state index in [0.29, 0.717) is 17.4 Å². The van der Waals surface area contributed by atoms with Crippen molar-refractivity contribution in [3.05, 3.63) is 41.7 Å². The third-order valence-electron chi connectivity index (χ3n) is 5.32. The van der Waals surface area contributed by atoms with Crippen molar-refractivity contribution in [3.8, 4) is 17.4 Å². The molecule has 5 rings (SSSR count). The zero-order chi connectivity index (χ0) is 18.2. The molecule has 2 aliphatic carbocycles. The topological polar surface area (TPSA) is 69.2 Å². The Morgan fingerprint density at radius 2 is 2.11 bits per heavy atom. The van der Waals surface area contributed by atoms with Crippen molar-refractivity contribution in [1.82, 2.24) is 15.2 Å². The minimum Gasteiger partial charge on any atom is -0.493 e. The Kier molecular flexibility index (Phi) is 4.03. The zero-order valence-electron chi connectivity index (χ0n) is 15.4. The van der Waals surface area contributed by atoms with Crippen LogP contribution in [0.3, 0.4) is 0 Å². The minimum atomic E-state index is 0.434. The number of pyridine rings is 1. The molecule has 0 saturated heterocycles. The highest BCUT2D eigenvalue weighted by atomic mass is 16.5. The van der Waals surface area contributed by atoms with Crippen molar-refractivity contribution in [2.45, 2.75) is 32.1 Å². The lowest BCUT2D eigenvalue weighted by molar-refractivity contribution is 0.373. The predicted octanol–water partition coefficient (Wildman–Crippen LogP) is 4.14. The van der Waals surface area contributed by atoms with E-state index in [-0.39, 0.29) is 0 Å². The van der Waals surface area contributed by atoms with E-state index < -0.39 is 0 Å². The van der Waals surface area contributed by atoms with Crippen molar-refractivity contribution < 1.29 is 9.47 Å². The summed E-state index contributed by atoms with van der Waals surface area (Å²) in [7, 11) is 1.66. The van der Waals surface area contributed by atoms with Gasteiger partial charge in [0.05, 0.1) is 12.6 Å². The van der Waals surface area contributed by atoms with Crippen LogP contribution in [0, 0.1) is 5.92 Å². The molecule has 138 valence electrons. The number of benzene rings is 1. The Balaban J connectivity index is 1.60. The van der Waals surface area contributed by atoms with Crippen LogP contribution in [0.5, 0.6) is 17.4 Å². The van der Waals surface area contributed by atoms with Gasteiger partial charge in [-0.25, -0.2) is 0 Å². The number of hydrogen-bond acceptors (Lipinski definition) is 6. The molecule has 0 amide bonds. The van der Waals surface area contributed by atoms with Gasteiger partial charge in [0.2, 0.25) is 5.88 Å². The molecule has 3 aromatic rings. The highest BCUT2D eigenvalue weighted by Gasteiger charge is 2.25. The molecule has 6 nitrogen and oxygen atoms in total. The molecule has 6 heteroatoms. The number of anilines is 1. The van der Waals surface area contributed by atoms with Gasteiger partial charge in [-0.1, -0.05) is 0 Å². The zero-order valence-corrected chi connectivity index (χ0v) is 15.4. The first kappa shape index (κ1) is 16.3. The molecule has 0 radical (unpaired) electrons. The van der Waals surface area contributed by atoms with Crippen LogP contribution >= 0.6 is 0 Å². The van der Waals surface area contributed by atoms with Gasteiger partial charge in [0.25, 0.3) is 0 Å². The molecule has 0 atom stereocenters. The first-order valence-electron chi connectivity index (χ1n) is 9.55. The minimum absolute atomic E-state index is 0.434. The molecule has 27 heavy (non-hydrogen) atoms. The summed E-state index contributed by atoms with van der Waals surface area (Å²) >= 11 is 0. The summed E-state index contributed by atoms with van der Waals surface area (Å²) < 4.78 is 11.5. The smallest absolute Gasteiger partial charge is 0.239 e. The third kappa shape index (κ3) is 3.16. The highest BCUT2D eigenvalue weighted by Crippen LogP contribution is 2.41. The first-order valence-corrected chi connectivity index (χ1v) is 9.55. The van der Waals surface area contributed by atoms with Crippen LogP contribution < -0.4 is 14.8 Å². The molecule has 1 fully saturated rings. The number of aryl methyl sites for hydroxylation is 1. The number of ether oxygens (including phenoxy) is 2. The van der Waals surface area contributed by atoms with Crippen molar-refractivity contribution in [1.29, 1.82) is 0 Å². The van der Waals surface area contributed by atoms with Gasteiger partial charge in [-0.2, -0.15) is 5.10 Å². The molecule has 1 aromatic carbocycles. The summed E-state index contributed by atoms with van der Waals surface area (Å²) in [6.45, 7) is 1.03. The maximum atomic E-state index is 5.92. The van der Waals surface area contributed by atoms with E-state index in [9.17, 15) is 0 Å². The summed E-state index contributed by atoms with van der Waals surface area (Å²) in [5.74, 6) is 2.52. The lowest BCUT2D eigenvalue weighted by Gasteiger charge is -2.17. The van der Waals surface area contributed by atoms with E-state index in [1.165, 1.54) is 29.8 Å². The molecule has 0 spiro atoms. The van der Waals surface area contributed by atoms with E-state index in [4.69, 9.17) is 14.5 Å². The van der Waals surface area contributed by atoms with Gasteiger partial charge in [0.1, 0.15) is 0 Å². The third-order valence-corrected chi connectivity index (χ3v) is 5.32. The van der Waals surface area contributed by atoms with Crippen LogP contribution in [0.15, 0.2) is 30.5 Å². The molecular formula is C21H22N4O2. The van der Waals surface area contributed by atoms with Crippen LogP contribution in [0.2, 0.25) is 0 Å². The highest BCUT2D eigenvalue weighted by molar-refractivity contribution is 5.96. The standard InChI is InChI=1S/C21H22N4O2/c1-26-18-10-15-17(11-19(18)27-20-6-3-9-23-25-20)24-16-5-2-4-14(16)21(15)22-12-13-7-8-13/h3,6,9-11,13H,2,4-5,7-8,12H2,1H3,(H,22,24). The Labute approximate surface area is 157 Å². The summed E-state index contributed by atoms with van der Waals surface area (Å²) in [6.07, 6.45) is 7.57. The van der Waals surface area contributed by atoms with E-state index >= 15 is 0 Å². The molecule has 0 unspecified atom stereocenters. The fourth-order valence-electron chi connectivity index (χ4n) is 3.73.